The van der Waals surface area contributed by atoms with Crippen molar-refractivity contribution < 1.29 is 27.5 Å². The molecule has 6 nitrogen and oxygen atoms in total. The second-order valence-corrected chi connectivity index (χ2v) is 9.99. The van der Waals surface area contributed by atoms with Gasteiger partial charge in [0.2, 0.25) is 0 Å². The van der Waals surface area contributed by atoms with Gasteiger partial charge in [0.25, 0.3) is 5.91 Å². The molecule has 3 aliphatic heterocycles. The molecule has 4 fully saturated rings. The number of ether oxygens (including phenoxy) is 1. The summed E-state index contributed by atoms with van der Waals surface area (Å²) in [5.41, 5.74) is -0.836. The van der Waals surface area contributed by atoms with Crippen LogP contribution in [0.3, 0.4) is 0 Å². The molecule has 0 radical (unpaired) electrons. The molecule has 0 aromatic heterocycles. The van der Waals surface area contributed by atoms with Crippen molar-refractivity contribution in [2.45, 2.75) is 82.5 Å². The van der Waals surface area contributed by atoms with E-state index < -0.39 is 23.7 Å². The van der Waals surface area contributed by atoms with E-state index in [1.54, 1.807) is 4.90 Å². The summed E-state index contributed by atoms with van der Waals surface area (Å²) in [5.74, 6) is -0.881. The van der Waals surface area contributed by atoms with E-state index in [9.17, 15) is 22.8 Å². The van der Waals surface area contributed by atoms with Gasteiger partial charge in [-0.3, -0.25) is 9.69 Å². The van der Waals surface area contributed by atoms with Gasteiger partial charge >= 0.3 is 12.2 Å². The lowest BCUT2D eigenvalue weighted by atomic mass is 9.84. The molecule has 0 aromatic carbocycles. The first kappa shape index (κ1) is 23.8. The maximum atomic E-state index is 13.7. The minimum atomic E-state index is -4.20. The molecular formula is C23H36F3N3O3. The third-order valence-corrected chi connectivity index (χ3v) is 8.18. The number of urea groups is 1. The summed E-state index contributed by atoms with van der Waals surface area (Å²) in [5, 5.41) is 0. The van der Waals surface area contributed by atoms with Crippen molar-refractivity contribution in [3.8, 4) is 0 Å². The summed E-state index contributed by atoms with van der Waals surface area (Å²) >= 11 is 0. The number of hydrogen-bond acceptors (Lipinski definition) is 4. The molecule has 182 valence electrons. The van der Waals surface area contributed by atoms with Crippen molar-refractivity contribution in [3.05, 3.63) is 0 Å². The quantitative estimate of drug-likeness (QED) is 0.596. The van der Waals surface area contributed by atoms with Crippen molar-refractivity contribution in [2.75, 3.05) is 39.4 Å². The maximum absolute atomic E-state index is 13.7. The molecule has 4 aliphatic rings. The van der Waals surface area contributed by atoms with Crippen LogP contribution in [0.25, 0.3) is 0 Å². The molecule has 9 heteroatoms. The number of rotatable bonds is 4. The fourth-order valence-corrected chi connectivity index (χ4v) is 6.30. The maximum Gasteiger partial charge on any atom is 0.391 e. The van der Waals surface area contributed by atoms with Gasteiger partial charge in [0, 0.05) is 38.9 Å². The Hall–Kier alpha value is -1.35. The fourth-order valence-electron chi connectivity index (χ4n) is 6.30. The molecule has 3 heterocycles. The second kappa shape index (κ2) is 9.49. The highest BCUT2D eigenvalue weighted by Crippen LogP contribution is 2.43. The average molecular weight is 460 g/mol. The van der Waals surface area contributed by atoms with Crippen LogP contribution in [0.1, 0.15) is 64.7 Å². The number of alkyl halides is 3. The fraction of sp³-hybridized carbons (Fsp3) is 0.913. The van der Waals surface area contributed by atoms with Crippen LogP contribution in [-0.2, 0) is 9.53 Å². The van der Waals surface area contributed by atoms with Crippen LogP contribution < -0.4 is 0 Å². The van der Waals surface area contributed by atoms with Gasteiger partial charge in [-0.1, -0.05) is 0 Å². The molecule has 4 rings (SSSR count). The summed E-state index contributed by atoms with van der Waals surface area (Å²) < 4.78 is 44.7. The molecule has 0 unspecified atom stereocenters. The van der Waals surface area contributed by atoms with Crippen molar-refractivity contribution in [3.63, 3.8) is 0 Å². The largest absolute Gasteiger partial charge is 0.391 e. The third kappa shape index (κ3) is 4.52. The van der Waals surface area contributed by atoms with Crippen LogP contribution in [0.4, 0.5) is 18.0 Å². The second-order valence-electron chi connectivity index (χ2n) is 9.99. The van der Waals surface area contributed by atoms with E-state index in [4.69, 9.17) is 4.74 Å². The van der Waals surface area contributed by atoms with E-state index in [1.165, 1.54) is 4.90 Å². The van der Waals surface area contributed by atoms with Crippen LogP contribution in [0.5, 0.6) is 0 Å². The highest BCUT2D eigenvalue weighted by atomic mass is 19.4. The summed E-state index contributed by atoms with van der Waals surface area (Å²) in [6.07, 6.45) is 0.461. The Bertz CT molecular complexity index is 690. The van der Waals surface area contributed by atoms with E-state index in [2.05, 4.69) is 4.90 Å². The highest BCUT2D eigenvalue weighted by Gasteiger charge is 2.58. The van der Waals surface area contributed by atoms with E-state index in [1.807, 2.05) is 6.92 Å². The van der Waals surface area contributed by atoms with Crippen molar-refractivity contribution in [1.29, 1.82) is 0 Å². The van der Waals surface area contributed by atoms with E-state index >= 15 is 0 Å². The van der Waals surface area contributed by atoms with Gasteiger partial charge < -0.3 is 14.5 Å². The lowest BCUT2D eigenvalue weighted by Gasteiger charge is -2.35. The Morgan fingerprint density at radius 1 is 1.00 bits per heavy atom. The van der Waals surface area contributed by atoms with Gasteiger partial charge in [0.15, 0.2) is 0 Å². The molecule has 0 bridgehead atoms. The Labute approximate surface area is 188 Å². The summed E-state index contributed by atoms with van der Waals surface area (Å²) in [6, 6.07) is -0.713. The van der Waals surface area contributed by atoms with Crippen LogP contribution in [-0.4, -0.2) is 83.8 Å². The molecule has 0 N–H and O–H groups in total. The number of carbonyl (C=O) groups is 2. The molecule has 1 spiro atoms. The van der Waals surface area contributed by atoms with Crippen molar-refractivity contribution in [2.24, 2.45) is 11.8 Å². The summed E-state index contributed by atoms with van der Waals surface area (Å²) in [4.78, 5) is 32.5. The Balaban J connectivity index is 1.44. The first-order chi connectivity index (χ1) is 15.3. The molecule has 3 amide bonds. The Kier molecular flexibility index (Phi) is 7.05. The van der Waals surface area contributed by atoms with E-state index in [-0.39, 0.29) is 37.6 Å². The van der Waals surface area contributed by atoms with E-state index in [0.717, 1.165) is 52.1 Å². The predicted octanol–water partition coefficient (Wildman–Crippen LogP) is 4.04. The summed E-state index contributed by atoms with van der Waals surface area (Å²) in [6.45, 7) is 6.63. The topological polar surface area (TPSA) is 53.1 Å². The standard InChI is InChI=1S/C23H36F3N3O3/c1-2-28-21(31)29(19-6-4-18(5-7-19)23(24,25)26)20(30)22(28)10-3-12-27(13-11-22)16-17-8-14-32-15-9-17/h17-19H,2-16H2,1H3/t18?,19?,22-/m0/s1. The first-order valence-electron chi connectivity index (χ1n) is 12.3. The smallest absolute Gasteiger partial charge is 0.381 e. The van der Waals surface area contributed by atoms with Crippen LogP contribution in [0.2, 0.25) is 0 Å². The normalized spacial score (nSPS) is 33.9. The number of likely N-dealkylation sites (N-methyl/N-ethyl adjacent to an activating group) is 1. The number of hydrogen-bond donors (Lipinski definition) is 0. The zero-order chi connectivity index (χ0) is 22.9. The zero-order valence-corrected chi connectivity index (χ0v) is 19.0. The number of halogens is 3. The molecule has 1 aliphatic carbocycles. The molecule has 1 atom stereocenters. The minimum absolute atomic E-state index is 0.0107. The Morgan fingerprint density at radius 3 is 2.31 bits per heavy atom. The molecule has 0 aromatic rings. The lowest BCUT2D eigenvalue weighted by Crippen LogP contribution is -2.50. The third-order valence-electron chi connectivity index (χ3n) is 8.18. The molecule has 32 heavy (non-hydrogen) atoms. The van der Waals surface area contributed by atoms with Crippen LogP contribution >= 0.6 is 0 Å². The van der Waals surface area contributed by atoms with Crippen LogP contribution in [0.15, 0.2) is 0 Å². The molecule has 1 saturated carbocycles. The van der Waals surface area contributed by atoms with Gasteiger partial charge in [-0.25, -0.2) is 4.79 Å². The summed E-state index contributed by atoms with van der Waals surface area (Å²) in [7, 11) is 0. The number of amides is 3. The molecular weight excluding hydrogens is 423 g/mol. The van der Waals surface area contributed by atoms with Gasteiger partial charge in [-0.2, -0.15) is 13.2 Å². The van der Waals surface area contributed by atoms with Gasteiger partial charge in [-0.15, -0.1) is 0 Å². The predicted molar refractivity (Wildman–Crippen MR) is 113 cm³/mol. The lowest BCUT2D eigenvalue weighted by molar-refractivity contribution is -0.184. The van der Waals surface area contributed by atoms with E-state index in [0.29, 0.717) is 25.3 Å². The SMILES string of the molecule is CCN1C(=O)N(C2CCC(C(F)(F)F)CC2)C(=O)[C@@]12CCCN(CC1CCOCC1)CC2. The zero-order valence-electron chi connectivity index (χ0n) is 19.0. The van der Waals surface area contributed by atoms with Crippen molar-refractivity contribution >= 4 is 11.9 Å². The first-order valence-corrected chi connectivity index (χ1v) is 12.3. The highest BCUT2D eigenvalue weighted by molar-refractivity contribution is 6.07. The van der Waals surface area contributed by atoms with Gasteiger partial charge in [0.1, 0.15) is 5.54 Å². The average Bonchev–Trinajstić information content (AvgIpc) is 2.88. The van der Waals surface area contributed by atoms with Gasteiger partial charge in [0.05, 0.1) is 5.92 Å². The number of carbonyl (C=O) groups excluding carboxylic acids is 2. The molecule has 3 saturated heterocycles. The Morgan fingerprint density at radius 2 is 1.69 bits per heavy atom. The number of nitrogens with zero attached hydrogens (tertiary/aromatic N) is 3. The monoisotopic (exact) mass is 459 g/mol. The van der Waals surface area contributed by atoms with Crippen molar-refractivity contribution in [1.82, 2.24) is 14.7 Å². The van der Waals surface area contributed by atoms with Gasteiger partial charge in [-0.05, 0) is 77.2 Å². The number of likely N-dealkylation sites (tertiary alicyclic amines) is 1. The number of imide groups is 1. The minimum Gasteiger partial charge on any atom is -0.381 e. The van der Waals surface area contributed by atoms with Crippen LogP contribution in [0, 0.1) is 11.8 Å².